The van der Waals surface area contributed by atoms with E-state index in [1.54, 1.807) is 0 Å². The molecule has 1 aliphatic rings. The molecule has 1 fully saturated rings. The molecule has 1 saturated carbocycles. The minimum Gasteiger partial charge on any atom is -0.312 e. The Labute approximate surface area is 131 Å². The molecule has 1 N–H and O–H groups in total. The highest BCUT2D eigenvalue weighted by molar-refractivity contribution is 7.90. The summed E-state index contributed by atoms with van der Waals surface area (Å²) < 4.78 is 22.8. The second-order valence-electron chi connectivity index (χ2n) is 7.08. The first kappa shape index (κ1) is 18.9. The number of sulfone groups is 1. The fourth-order valence-electron chi connectivity index (χ4n) is 3.96. The van der Waals surface area contributed by atoms with Gasteiger partial charge in [-0.1, -0.05) is 26.7 Å². The summed E-state index contributed by atoms with van der Waals surface area (Å²) in [6, 6.07) is 0.377. The third kappa shape index (κ3) is 5.53. The molecule has 0 spiro atoms. The summed E-state index contributed by atoms with van der Waals surface area (Å²) in [5, 5.41) is 3.64. The first-order valence-corrected chi connectivity index (χ1v) is 10.4. The van der Waals surface area contributed by atoms with Gasteiger partial charge in [0.2, 0.25) is 0 Å². The molecule has 1 rings (SSSR count). The number of rotatable bonds is 8. The summed E-state index contributed by atoms with van der Waals surface area (Å²) in [6.07, 6.45) is 8.02. The fraction of sp³-hybridized carbons (Fsp3) is 1.00. The van der Waals surface area contributed by atoms with Crippen molar-refractivity contribution in [3.63, 3.8) is 0 Å². The Morgan fingerprint density at radius 2 is 2.05 bits per heavy atom. The zero-order chi connectivity index (χ0) is 16.1. The van der Waals surface area contributed by atoms with E-state index in [-0.39, 0.29) is 5.54 Å². The lowest BCUT2D eigenvalue weighted by molar-refractivity contribution is 0.0347. The molecule has 3 unspecified atom stereocenters. The van der Waals surface area contributed by atoms with Gasteiger partial charge >= 0.3 is 0 Å². The number of hydrogen-bond acceptors (Lipinski definition) is 4. The lowest BCUT2D eigenvalue weighted by Gasteiger charge is -2.50. The molecule has 0 heterocycles. The van der Waals surface area contributed by atoms with Crippen molar-refractivity contribution in [3.05, 3.63) is 0 Å². The molecule has 5 heteroatoms. The Morgan fingerprint density at radius 3 is 2.52 bits per heavy atom. The molecule has 1 aliphatic carbocycles. The molecule has 21 heavy (non-hydrogen) atoms. The monoisotopic (exact) mass is 318 g/mol. The summed E-state index contributed by atoms with van der Waals surface area (Å²) in [7, 11) is 1.50. The Balaban J connectivity index is 2.82. The van der Waals surface area contributed by atoms with Gasteiger partial charge < -0.3 is 10.2 Å². The van der Waals surface area contributed by atoms with Crippen molar-refractivity contribution in [3.8, 4) is 0 Å². The second kappa shape index (κ2) is 7.93. The van der Waals surface area contributed by atoms with Crippen LogP contribution in [0.15, 0.2) is 0 Å². The quantitative estimate of drug-likeness (QED) is 0.746. The summed E-state index contributed by atoms with van der Waals surface area (Å²) >= 11 is 0. The van der Waals surface area contributed by atoms with Crippen LogP contribution in [0.1, 0.15) is 52.4 Å². The number of hydrogen-bond donors (Lipinski definition) is 1. The molecule has 0 radical (unpaired) electrons. The molecule has 0 aromatic rings. The van der Waals surface area contributed by atoms with E-state index in [2.05, 4.69) is 38.2 Å². The largest absolute Gasteiger partial charge is 0.312 e. The first-order chi connectivity index (χ1) is 9.71. The van der Waals surface area contributed by atoms with Crippen LogP contribution in [0.2, 0.25) is 0 Å². The second-order valence-corrected chi connectivity index (χ2v) is 9.34. The van der Waals surface area contributed by atoms with E-state index in [1.807, 2.05) is 0 Å². The van der Waals surface area contributed by atoms with Gasteiger partial charge in [0.15, 0.2) is 0 Å². The maximum atomic E-state index is 11.4. The van der Waals surface area contributed by atoms with Crippen molar-refractivity contribution >= 4 is 9.84 Å². The molecule has 0 saturated heterocycles. The third-order valence-corrected chi connectivity index (χ3v) is 6.04. The molecular weight excluding hydrogens is 284 g/mol. The van der Waals surface area contributed by atoms with Gasteiger partial charge in [-0.15, -0.1) is 0 Å². The summed E-state index contributed by atoms with van der Waals surface area (Å²) in [5.74, 6) is 1.05. The maximum absolute atomic E-state index is 11.4. The van der Waals surface area contributed by atoms with Crippen molar-refractivity contribution in [2.75, 3.05) is 32.6 Å². The van der Waals surface area contributed by atoms with E-state index >= 15 is 0 Å². The van der Waals surface area contributed by atoms with Gasteiger partial charge in [-0.2, -0.15) is 0 Å². The van der Waals surface area contributed by atoms with Crippen LogP contribution in [0.3, 0.4) is 0 Å². The van der Waals surface area contributed by atoms with Crippen LogP contribution in [0.5, 0.6) is 0 Å². The summed E-state index contributed by atoms with van der Waals surface area (Å²) in [4.78, 5) is 2.39. The molecular formula is C16H34N2O2S. The van der Waals surface area contributed by atoms with Crippen LogP contribution in [-0.2, 0) is 9.84 Å². The average molecular weight is 319 g/mol. The highest BCUT2D eigenvalue weighted by Gasteiger charge is 2.42. The zero-order valence-electron chi connectivity index (χ0n) is 14.5. The predicted octanol–water partition coefficient (Wildman–Crippen LogP) is 2.30. The van der Waals surface area contributed by atoms with E-state index in [9.17, 15) is 8.42 Å². The van der Waals surface area contributed by atoms with E-state index < -0.39 is 9.84 Å². The van der Waals surface area contributed by atoms with Crippen molar-refractivity contribution in [2.45, 2.75) is 64.0 Å². The Morgan fingerprint density at radius 1 is 1.38 bits per heavy atom. The molecule has 126 valence electrons. The maximum Gasteiger partial charge on any atom is 0.147 e. The van der Waals surface area contributed by atoms with Gasteiger partial charge in [0.1, 0.15) is 9.84 Å². The molecule has 0 aliphatic heterocycles. The minimum absolute atomic E-state index is 0.172. The lowest BCUT2D eigenvalue weighted by Crippen LogP contribution is -2.61. The van der Waals surface area contributed by atoms with Gasteiger partial charge in [-0.25, -0.2) is 8.42 Å². The van der Waals surface area contributed by atoms with Crippen molar-refractivity contribution < 1.29 is 8.42 Å². The van der Waals surface area contributed by atoms with Gasteiger partial charge in [0, 0.05) is 23.6 Å². The lowest BCUT2D eigenvalue weighted by atomic mass is 9.70. The highest BCUT2D eigenvalue weighted by Crippen LogP contribution is 2.39. The van der Waals surface area contributed by atoms with Crippen molar-refractivity contribution in [1.29, 1.82) is 0 Å². The van der Waals surface area contributed by atoms with Gasteiger partial charge in [0.25, 0.3) is 0 Å². The van der Waals surface area contributed by atoms with E-state index in [4.69, 9.17) is 0 Å². The standard InChI is InChI=1S/C16H34N2O2S/c1-6-17-15(10-8-12-21(5,19)20)16(18(3)4)11-7-9-14(2)13-16/h14-15,17H,6-13H2,1-5H3. The molecule has 0 aromatic carbocycles. The average Bonchev–Trinajstić information content (AvgIpc) is 2.36. The van der Waals surface area contributed by atoms with Crippen LogP contribution in [0.25, 0.3) is 0 Å². The van der Waals surface area contributed by atoms with E-state index in [0.29, 0.717) is 11.8 Å². The number of nitrogens with zero attached hydrogens (tertiary/aromatic N) is 1. The number of nitrogens with one attached hydrogen (secondary N) is 1. The van der Waals surface area contributed by atoms with Crippen molar-refractivity contribution in [1.82, 2.24) is 10.2 Å². The van der Waals surface area contributed by atoms with Crippen molar-refractivity contribution in [2.24, 2.45) is 5.92 Å². The Kier molecular flexibility index (Phi) is 7.14. The summed E-state index contributed by atoms with van der Waals surface area (Å²) in [5.41, 5.74) is 0.172. The molecule has 0 aromatic heterocycles. The van der Waals surface area contributed by atoms with Crippen LogP contribution in [0, 0.1) is 5.92 Å². The Hall–Kier alpha value is -0.130. The Bertz CT molecular complexity index is 409. The first-order valence-electron chi connectivity index (χ1n) is 8.30. The predicted molar refractivity (Wildman–Crippen MR) is 90.5 cm³/mol. The van der Waals surface area contributed by atoms with E-state index in [1.165, 1.54) is 31.9 Å². The molecule has 3 atom stereocenters. The van der Waals surface area contributed by atoms with Crippen LogP contribution in [0.4, 0.5) is 0 Å². The highest BCUT2D eigenvalue weighted by atomic mass is 32.2. The van der Waals surface area contributed by atoms with E-state index in [0.717, 1.165) is 25.3 Å². The number of likely N-dealkylation sites (N-methyl/N-ethyl adjacent to an activating group) is 2. The topological polar surface area (TPSA) is 49.4 Å². The summed E-state index contributed by atoms with van der Waals surface area (Å²) in [6.45, 7) is 5.42. The third-order valence-electron chi connectivity index (χ3n) is 5.01. The van der Waals surface area contributed by atoms with Gasteiger partial charge in [-0.3, -0.25) is 0 Å². The smallest absolute Gasteiger partial charge is 0.147 e. The molecule has 0 bridgehead atoms. The van der Waals surface area contributed by atoms with Crippen LogP contribution >= 0.6 is 0 Å². The van der Waals surface area contributed by atoms with Crippen LogP contribution < -0.4 is 5.32 Å². The van der Waals surface area contributed by atoms with Crippen LogP contribution in [-0.4, -0.2) is 57.5 Å². The van der Waals surface area contributed by atoms with Gasteiger partial charge in [0.05, 0.1) is 0 Å². The zero-order valence-corrected chi connectivity index (χ0v) is 15.3. The van der Waals surface area contributed by atoms with Gasteiger partial charge in [-0.05, 0) is 52.2 Å². The molecule has 0 amide bonds. The molecule has 4 nitrogen and oxygen atoms in total. The minimum atomic E-state index is -2.86. The SMILES string of the molecule is CCNC(CCCS(C)(=O)=O)C1(N(C)C)CCCC(C)C1. The fourth-order valence-corrected chi connectivity index (χ4v) is 4.65. The normalized spacial score (nSPS) is 28.8.